The molecular weight excluding hydrogens is 220 g/mol. The monoisotopic (exact) mass is 238 g/mol. The quantitative estimate of drug-likeness (QED) is 0.867. The minimum Gasteiger partial charge on any atom is -0.384 e. The van der Waals surface area contributed by atoms with Crippen molar-refractivity contribution in [3.63, 3.8) is 0 Å². The fraction of sp³-hybridized carbons (Fsp3) is 0.538. The lowest BCUT2D eigenvalue weighted by Crippen LogP contribution is -2.33. The van der Waals surface area contributed by atoms with Crippen molar-refractivity contribution in [2.75, 3.05) is 31.5 Å². The molecule has 1 aliphatic rings. The SMILES string of the molecule is Clc1cccc(NCCN2CCCCC2)c1. The summed E-state index contributed by atoms with van der Waals surface area (Å²) in [7, 11) is 0. The maximum absolute atomic E-state index is 5.92. The fourth-order valence-electron chi connectivity index (χ4n) is 2.14. The molecule has 16 heavy (non-hydrogen) atoms. The van der Waals surface area contributed by atoms with Gasteiger partial charge in [0.15, 0.2) is 0 Å². The van der Waals surface area contributed by atoms with E-state index < -0.39 is 0 Å². The van der Waals surface area contributed by atoms with Crippen LogP contribution < -0.4 is 5.32 Å². The van der Waals surface area contributed by atoms with E-state index in [0.717, 1.165) is 23.8 Å². The van der Waals surface area contributed by atoms with Crippen molar-refractivity contribution in [2.24, 2.45) is 0 Å². The standard InChI is InChI=1S/C13H19ClN2/c14-12-5-4-6-13(11-12)15-7-10-16-8-2-1-3-9-16/h4-6,11,15H,1-3,7-10H2. The maximum Gasteiger partial charge on any atom is 0.0426 e. The second-order valence-corrected chi connectivity index (χ2v) is 4.78. The van der Waals surface area contributed by atoms with Gasteiger partial charge in [0.25, 0.3) is 0 Å². The highest BCUT2D eigenvalue weighted by Crippen LogP contribution is 2.14. The lowest BCUT2D eigenvalue weighted by Gasteiger charge is -2.26. The molecule has 1 N–H and O–H groups in total. The molecule has 88 valence electrons. The van der Waals surface area contributed by atoms with Crippen molar-refractivity contribution in [1.82, 2.24) is 4.90 Å². The van der Waals surface area contributed by atoms with Crippen LogP contribution in [0.25, 0.3) is 0 Å². The number of hydrogen-bond acceptors (Lipinski definition) is 2. The number of rotatable bonds is 4. The number of hydrogen-bond donors (Lipinski definition) is 1. The molecule has 1 aromatic carbocycles. The Hall–Kier alpha value is -0.730. The zero-order chi connectivity index (χ0) is 11.2. The molecule has 0 amide bonds. The number of halogens is 1. The Kier molecular flexibility index (Phi) is 4.49. The van der Waals surface area contributed by atoms with Crippen LogP contribution in [0.15, 0.2) is 24.3 Å². The Morgan fingerprint density at radius 3 is 2.75 bits per heavy atom. The summed E-state index contributed by atoms with van der Waals surface area (Å²) >= 11 is 5.92. The fourth-order valence-corrected chi connectivity index (χ4v) is 2.33. The summed E-state index contributed by atoms with van der Waals surface area (Å²) in [5.74, 6) is 0. The van der Waals surface area contributed by atoms with Crippen molar-refractivity contribution in [2.45, 2.75) is 19.3 Å². The Bertz CT molecular complexity index is 321. The summed E-state index contributed by atoms with van der Waals surface area (Å²) in [5, 5.41) is 4.20. The van der Waals surface area contributed by atoms with E-state index in [9.17, 15) is 0 Å². The zero-order valence-electron chi connectivity index (χ0n) is 9.58. The summed E-state index contributed by atoms with van der Waals surface area (Å²) in [6.45, 7) is 4.65. The largest absolute Gasteiger partial charge is 0.384 e. The molecule has 0 atom stereocenters. The van der Waals surface area contributed by atoms with Gasteiger partial charge >= 0.3 is 0 Å². The molecule has 1 heterocycles. The number of likely N-dealkylation sites (tertiary alicyclic amines) is 1. The lowest BCUT2D eigenvalue weighted by molar-refractivity contribution is 0.237. The lowest BCUT2D eigenvalue weighted by atomic mass is 10.1. The predicted octanol–water partition coefficient (Wildman–Crippen LogP) is 3.24. The topological polar surface area (TPSA) is 15.3 Å². The van der Waals surface area contributed by atoms with Gasteiger partial charge in [-0.1, -0.05) is 24.1 Å². The molecule has 2 rings (SSSR count). The summed E-state index contributed by atoms with van der Waals surface area (Å²) in [6, 6.07) is 7.91. The molecule has 1 aromatic rings. The minimum atomic E-state index is 0.794. The van der Waals surface area contributed by atoms with Gasteiger partial charge in [-0.25, -0.2) is 0 Å². The van der Waals surface area contributed by atoms with Crippen LogP contribution in [0.3, 0.4) is 0 Å². The van der Waals surface area contributed by atoms with Crippen LogP contribution >= 0.6 is 11.6 Å². The van der Waals surface area contributed by atoms with Crippen molar-refractivity contribution in [1.29, 1.82) is 0 Å². The normalized spacial score (nSPS) is 17.3. The number of benzene rings is 1. The first-order chi connectivity index (χ1) is 7.84. The molecule has 0 radical (unpaired) electrons. The molecule has 1 saturated heterocycles. The molecule has 2 nitrogen and oxygen atoms in total. The van der Waals surface area contributed by atoms with Gasteiger partial charge in [0.2, 0.25) is 0 Å². The van der Waals surface area contributed by atoms with Crippen LogP contribution in [0.2, 0.25) is 5.02 Å². The Balaban J connectivity index is 1.71. The molecule has 0 aliphatic carbocycles. The molecule has 0 bridgehead atoms. The van der Waals surface area contributed by atoms with Gasteiger partial charge in [0.05, 0.1) is 0 Å². The Labute approximate surface area is 103 Å². The average Bonchev–Trinajstić information content (AvgIpc) is 2.30. The van der Waals surface area contributed by atoms with Crippen molar-refractivity contribution in [3.05, 3.63) is 29.3 Å². The maximum atomic E-state index is 5.92. The van der Waals surface area contributed by atoms with Gasteiger partial charge in [0, 0.05) is 23.8 Å². The molecule has 1 fully saturated rings. The first-order valence-electron chi connectivity index (χ1n) is 6.06. The third kappa shape index (κ3) is 3.69. The zero-order valence-corrected chi connectivity index (χ0v) is 10.3. The number of anilines is 1. The summed E-state index contributed by atoms with van der Waals surface area (Å²) < 4.78 is 0. The average molecular weight is 239 g/mol. The molecule has 3 heteroatoms. The highest BCUT2D eigenvalue weighted by molar-refractivity contribution is 6.30. The van der Waals surface area contributed by atoms with E-state index in [1.807, 2.05) is 18.2 Å². The van der Waals surface area contributed by atoms with E-state index in [4.69, 9.17) is 11.6 Å². The summed E-state index contributed by atoms with van der Waals surface area (Å²) in [5.41, 5.74) is 1.12. The summed E-state index contributed by atoms with van der Waals surface area (Å²) in [6.07, 6.45) is 4.12. The molecule has 0 spiro atoms. The van der Waals surface area contributed by atoms with Gasteiger partial charge < -0.3 is 10.2 Å². The van der Waals surface area contributed by atoms with Crippen LogP contribution in [0, 0.1) is 0 Å². The predicted molar refractivity (Wildman–Crippen MR) is 70.2 cm³/mol. The van der Waals surface area contributed by atoms with Crippen molar-refractivity contribution < 1.29 is 0 Å². The first-order valence-corrected chi connectivity index (χ1v) is 6.44. The van der Waals surface area contributed by atoms with Crippen LogP contribution in [-0.4, -0.2) is 31.1 Å². The van der Waals surface area contributed by atoms with Gasteiger partial charge in [-0.2, -0.15) is 0 Å². The highest BCUT2D eigenvalue weighted by atomic mass is 35.5. The van der Waals surface area contributed by atoms with Crippen LogP contribution in [-0.2, 0) is 0 Å². The Morgan fingerprint density at radius 1 is 1.19 bits per heavy atom. The number of nitrogens with one attached hydrogen (secondary N) is 1. The Morgan fingerprint density at radius 2 is 2.00 bits per heavy atom. The molecule has 0 aromatic heterocycles. The van der Waals surface area contributed by atoms with Crippen molar-refractivity contribution >= 4 is 17.3 Å². The van der Waals surface area contributed by atoms with E-state index in [1.165, 1.54) is 32.4 Å². The van der Waals surface area contributed by atoms with Gasteiger partial charge in [-0.05, 0) is 44.1 Å². The molecule has 0 unspecified atom stereocenters. The van der Waals surface area contributed by atoms with E-state index in [2.05, 4.69) is 16.3 Å². The van der Waals surface area contributed by atoms with Crippen LogP contribution in [0.1, 0.15) is 19.3 Å². The third-order valence-corrected chi connectivity index (χ3v) is 3.27. The second-order valence-electron chi connectivity index (χ2n) is 4.34. The van der Waals surface area contributed by atoms with Crippen molar-refractivity contribution in [3.8, 4) is 0 Å². The van der Waals surface area contributed by atoms with Crippen LogP contribution in [0.5, 0.6) is 0 Å². The second kappa shape index (κ2) is 6.12. The smallest absolute Gasteiger partial charge is 0.0426 e. The number of piperidine rings is 1. The van der Waals surface area contributed by atoms with Gasteiger partial charge in [-0.3, -0.25) is 0 Å². The van der Waals surface area contributed by atoms with Gasteiger partial charge in [-0.15, -0.1) is 0 Å². The number of nitrogens with zero attached hydrogens (tertiary/aromatic N) is 1. The summed E-state index contributed by atoms with van der Waals surface area (Å²) in [4.78, 5) is 2.53. The highest BCUT2D eigenvalue weighted by Gasteiger charge is 2.08. The first kappa shape index (κ1) is 11.7. The third-order valence-electron chi connectivity index (χ3n) is 3.03. The minimum absolute atomic E-state index is 0.794. The van der Waals surface area contributed by atoms with E-state index in [-0.39, 0.29) is 0 Å². The van der Waals surface area contributed by atoms with E-state index in [0.29, 0.717) is 0 Å². The van der Waals surface area contributed by atoms with Gasteiger partial charge in [0.1, 0.15) is 0 Å². The molecule has 0 saturated carbocycles. The van der Waals surface area contributed by atoms with E-state index >= 15 is 0 Å². The molecule has 1 aliphatic heterocycles. The van der Waals surface area contributed by atoms with E-state index in [1.54, 1.807) is 0 Å². The molecular formula is C13H19ClN2. The van der Waals surface area contributed by atoms with Crippen LogP contribution in [0.4, 0.5) is 5.69 Å².